The van der Waals surface area contributed by atoms with Crippen molar-refractivity contribution in [2.24, 2.45) is 5.92 Å². The molecule has 1 heterocycles. The summed E-state index contributed by atoms with van der Waals surface area (Å²) in [5.41, 5.74) is 0.660. The maximum atomic E-state index is 12.6. The topological polar surface area (TPSA) is 50.8 Å². The van der Waals surface area contributed by atoms with Crippen molar-refractivity contribution in [3.63, 3.8) is 0 Å². The maximum Gasteiger partial charge on any atom is 0.253 e. The molecule has 0 spiro atoms. The van der Waals surface area contributed by atoms with E-state index >= 15 is 0 Å². The molecule has 1 amide bonds. The first-order valence-corrected chi connectivity index (χ1v) is 7.94. The second kappa shape index (κ2) is 9.63. The molecule has 0 aliphatic carbocycles. The van der Waals surface area contributed by atoms with E-state index in [0.717, 1.165) is 32.5 Å². The summed E-state index contributed by atoms with van der Waals surface area (Å²) in [5, 5.41) is 3.21. The van der Waals surface area contributed by atoms with E-state index in [1.165, 1.54) is 0 Å². The lowest BCUT2D eigenvalue weighted by Gasteiger charge is -2.32. The number of piperidine rings is 1. The van der Waals surface area contributed by atoms with Gasteiger partial charge in [-0.2, -0.15) is 0 Å². The summed E-state index contributed by atoms with van der Waals surface area (Å²) in [4.78, 5) is 14.5. The largest absolute Gasteiger partial charge is 0.493 e. The van der Waals surface area contributed by atoms with Gasteiger partial charge in [-0.1, -0.05) is 0 Å². The van der Waals surface area contributed by atoms with Gasteiger partial charge in [0.15, 0.2) is 11.5 Å². The van der Waals surface area contributed by atoms with Gasteiger partial charge in [-0.05, 0) is 57.5 Å². The van der Waals surface area contributed by atoms with Crippen LogP contribution in [0.4, 0.5) is 0 Å². The van der Waals surface area contributed by atoms with E-state index in [1.807, 2.05) is 31.0 Å². The van der Waals surface area contributed by atoms with Crippen LogP contribution in [0.5, 0.6) is 11.5 Å². The van der Waals surface area contributed by atoms with Gasteiger partial charge in [0.2, 0.25) is 0 Å². The summed E-state index contributed by atoms with van der Waals surface area (Å²) in [6.45, 7) is 5.16. The average Bonchev–Trinajstić information content (AvgIpc) is 2.56. The van der Waals surface area contributed by atoms with Crippen molar-refractivity contribution in [3.05, 3.63) is 23.8 Å². The highest BCUT2D eigenvalue weighted by molar-refractivity contribution is 5.95. The molecule has 1 aliphatic rings. The maximum absolute atomic E-state index is 12.6. The van der Waals surface area contributed by atoms with Crippen molar-refractivity contribution < 1.29 is 14.3 Å². The molecule has 1 N–H and O–H groups in total. The Morgan fingerprint density at radius 1 is 1.30 bits per heavy atom. The number of carbonyl (C=O) groups is 1. The molecule has 1 fully saturated rings. The number of hydrogen-bond acceptors (Lipinski definition) is 4. The van der Waals surface area contributed by atoms with E-state index in [-0.39, 0.29) is 18.3 Å². The standard InChI is InChI=1S/C17H26N2O3.ClH/c1-4-22-15-6-5-14(11-16(15)21-3)17(20)19-9-7-13(8-10-19)12-18-2;/h5-6,11,13,18H,4,7-10,12H2,1-3H3;1H. The zero-order chi connectivity index (χ0) is 15.9. The van der Waals surface area contributed by atoms with Crippen molar-refractivity contribution in [3.8, 4) is 11.5 Å². The van der Waals surface area contributed by atoms with Crippen LogP contribution in [0.1, 0.15) is 30.1 Å². The Kier molecular flexibility index (Phi) is 8.20. The zero-order valence-corrected chi connectivity index (χ0v) is 14.9. The molecule has 0 unspecified atom stereocenters. The smallest absolute Gasteiger partial charge is 0.253 e. The van der Waals surface area contributed by atoms with E-state index in [9.17, 15) is 4.79 Å². The summed E-state index contributed by atoms with van der Waals surface area (Å²) in [6, 6.07) is 5.39. The number of nitrogens with one attached hydrogen (secondary N) is 1. The Morgan fingerprint density at radius 3 is 2.57 bits per heavy atom. The van der Waals surface area contributed by atoms with Crippen LogP contribution >= 0.6 is 12.4 Å². The summed E-state index contributed by atoms with van der Waals surface area (Å²) in [7, 11) is 3.57. The number of amides is 1. The van der Waals surface area contributed by atoms with E-state index in [4.69, 9.17) is 9.47 Å². The van der Waals surface area contributed by atoms with Gasteiger partial charge < -0.3 is 19.7 Å². The van der Waals surface area contributed by atoms with Gasteiger partial charge in [-0.3, -0.25) is 4.79 Å². The minimum absolute atomic E-state index is 0. The summed E-state index contributed by atoms with van der Waals surface area (Å²) < 4.78 is 10.8. The monoisotopic (exact) mass is 342 g/mol. The number of hydrogen-bond donors (Lipinski definition) is 1. The summed E-state index contributed by atoms with van der Waals surface area (Å²) in [5.74, 6) is 2.03. The minimum Gasteiger partial charge on any atom is -0.493 e. The first-order valence-electron chi connectivity index (χ1n) is 7.94. The number of nitrogens with zero attached hydrogens (tertiary/aromatic N) is 1. The van der Waals surface area contributed by atoms with Gasteiger partial charge in [-0.15, -0.1) is 12.4 Å². The molecule has 1 aromatic carbocycles. The van der Waals surface area contributed by atoms with Gasteiger partial charge in [0.05, 0.1) is 13.7 Å². The lowest BCUT2D eigenvalue weighted by atomic mass is 9.96. The van der Waals surface area contributed by atoms with Gasteiger partial charge in [0, 0.05) is 18.7 Å². The van der Waals surface area contributed by atoms with Crippen molar-refractivity contribution in [1.29, 1.82) is 0 Å². The fourth-order valence-corrected chi connectivity index (χ4v) is 2.89. The molecule has 1 aliphatic heterocycles. The SMILES string of the molecule is CCOc1ccc(C(=O)N2CCC(CNC)CC2)cc1OC.Cl. The third kappa shape index (κ3) is 5.01. The van der Waals surface area contributed by atoms with Crippen LogP contribution in [0.2, 0.25) is 0 Å². The first kappa shape index (κ1) is 19.6. The second-order valence-electron chi connectivity index (χ2n) is 5.59. The molecule has 1 saturated heterocycles. The third-order valence-electron chi connectivity index (χ3n) is 4.10. The lowest BCUT2D eigenvalue weighted by Crippen LogP contribution is -2.40. The molecule has 6 heteroatoms. The lowest BCUT2D eigenvalue weighted by molar-refractivity contribution is 0.0690. The highest BCUT2D eigenvalue weighted by Crippen LogP contribution is 2.29. The number of likely N-dealkylation sites (tertiary alicyclic amines) is 1. The number of methoxy groups -OCH3 is 1. The van der Waals surface area contributed by atoms with Gasteiger partial charge >= 0.3 is 0 Å². The van der Waals surface area contributed by atoms with Crippen LogP contribution in [0.25, 0.3) is 0 Å². The third-order valence-corrected chi connectivity index (χ3v) is 4.10. The van der Waals surface area contributed by atoms with Crippen LogP contribution in [-0.4, -0.2) is 51.2 Å². The molecule has 23 heavy (non-hydrogen) atoms. The molecule has 0 atom stereocenters. The molecule has 0 bridgehead atoms. The number of halogens is 1. The quantitative estimate of drug-likeness (QED) is 0.863. The van der Waals surface area contributed by atoms with E-state index in [2.05, 4.69) is 5.32 Å². The Labute approximate surface area is 144 Å². The van der Waals surface area contributed by atoms with Gasteiger partial charge in [-0.25, -0.2) is 0 Å². The summed E-state index contributed by atoms with van der Waals surface area (Å²) >= 11 is 0. The molecule has 130 valence electrons. The Bertz CT molecular complexity index is 503. The molecular weight excluding hydrogens is 316 g/mol. The van der Waals surface area contributed by atoms with Crippen LogP contribution in [0.3, 0.4) is 0 Å². The number of carbonyl (C=O) groups excluding carboxylic acids is 1. The van der Waals surface area contributed by atoms with Crippen LogP contribution in [0.15, 0.2) is 18.2 Å². The van der Waals surface area contributed by atoms with Gasteiger partial charge in [0.1, 0.15) is 0 Å². The van der Waals surface area contributed by atoms with E-state index in [0.29, 0.717) is 29.6 Å². The van der Waals surface area contributed by atoms with Crippen molar-refractivity contribution >= 4 is 18.3 Å². The normalized spacial score (nSPS) is 15.0. The van der Waals surface area contributed by atoms with Crippen LogP contribution < -0.4 is 14.8 Å². The van der Waals surface area contributed by atoms with Crippen LogP contribution in [0, 0.1) is 5.92 Å². The fraction of sp³-hybridized carbons (Fsp3) is 0.588. The number of ether oxygens (including phenoxy) is 2. The predicted octanol–water partition coefficient (Wildman–Crippen LogP) is 2.59. The van der Waals surface area contributed by atoms with Gasteiger partial charge in [0.25, 0.3) is 5.91 Å². The highest BCUT2D eigenvalue weighted by atomic mass is 35.5. The molecular formula is C17H27ClN2O3. The molecule has 1 aromatic rings. The molecule has 0 aromatic heterocycles. The van der Waals surface area contributed by atoms with Crippen molar-refractivity contribution in [2.45, 2.75) is 19.8 Å². The zero-order valence-electron chi connectivity index (χ0n) is 14.1. The molecule has 5 nitrogen and oxygen atoms in total. The number of benzene rings is 1. The van der Waals surface area contributed by atoms with E-state index < -0.39 is 0 Å². The second-order valence-corrected chi connectivity index (χ2v) is 5.59. The first-order chi connectivity index (χ1) is 10.7. The molecule has 0 saturated carbocycles. The molecule has 2 rings (SSSR count). The molecule has 0 radical (unpaired) electrons. The highest BCUT2D eigenvalue weighted by Gasteiger charge is 2.23. The number of rotatable bonds is 6. The Morgan fingerprint density at radius 2 is 2.00 bits per heavy atom. The minimum atomic E-state index is 0. The van der Waals surface area contributed by atoms with Crippen molar-refractivity contribution in [1.82, 2.24) is 10.2 Å². The van der Waals surface area contributed by atoms with E-state index in [1.54, 1.807) is 13.2 Å². The van der Waals surface area contributed by atoms with Crippen molar-refractivity contribution in [2.75, 3.05) is 40.4 Å². The summed E-state index contributed by atoms with van der Waals surface area (Å²) in [6.07, 6.45) is 2.11. The Hall–Kier alpha value is -1.46. The Balaban J connectivity index is 0.00000264. The van der Waals surface area contributed by atoms with Crippen LogP contribution in [-0.2, 0) is 0 Å². The fourth-order valence-electron chi connectivity index (χ4n) is 2.89. The average molecular weight is 343 g/mol. The predicted molar refractivity (Wildman–Crippen MR) is 94.0 cm³/mol.